The Kier molecular flexibility index (Phi) is 5.96. The zero-order valence-electron chi connectivity index (χ0n) is 26.8. The second-order valence-corrected chi connectivity index (χ2v) is 14.4. The van der Waals surface area contributed by atoms with E-state index in [1.54, 1.807) is 0 Å². The van der Waals surface area contributed by atoms with Crippen molar-refractivity contribution in [1.82, 2.24) is 4.98 Å². The molecule has 0 saturated carbocycles. The molecule has 0 saturated heterocycles. The molecule has 6 aromatic carbocycles. The first-order valence-electron chi connectivity index (χ1n) is 15.9. The van der Waals surface area contributed by atoms with Crippen molar-refractivity contribution in [2.24, 2.45) is 0 Å². The van der Waals surface area contributed by atoms with Crippen molar-refractivity contribution in [2.75, 3.05) is 4.90 Å². The maximum atomic E-state index is 6.36. The molecule has 0 radical (unpaired) electrons. The fourth-order valence-electron chi connectivity index (χ4n) is 6.74. The number of aromatic nitrogens is 1. The number of nitrogens with one attached hydrogen (secondary N) is 1. The molecule has 1 aliphatic rings. The van der Waals surface area contributed by atoms with E-state index in [4.69, 9.17) is 4.74 Å². The van der Waals surface area contributed by atoms with E-state index in [2.05, 4.69) is 142 Å². The van der Waals surface area contributed by atoms with E-state index < -0.39 is 0 Å². The number of nitrogens with zero attached hydrogens (tertiary/aromatic N) is 1. The van der Waals surface area contributed by atoms with Gasteiger partial charge in [0.1, 0.15) is 0 Å². The molecule has 0 unspecified atom stereocenters. The number of ether oxygens (including phenoxy) is 1. The normalized spacial score (nSPS) is 13.2. The first kappa shape index (κ1) is 27.5. The zero-order chi connectivity index (χ0) is 31.1. The maximum Gasteiger partial charge on any atom is 0.151 e. The van der Waals surface area contributed by atoms with Gasteiger partial charge in [-0.15, -0.1) is 0 Å². The summed E-state index contributed by atoms with van der Waals surface area (Å²) in [6.45, 7) is 13.8. The highest BCUT2D eigenvalue weighted by Crippen LogP contribution is 2.52. The topological polar surface area (TPSA) is 28.3 Å². The van der Waals surface area contributed by atoms with E-state index in [0.29, 0.717) is 0 Å². The highest BCUT2D eigenvalue weighted by Gasteiger charge is 2.27. The Morgan fingerprint density at radius 1 is 0.533 bits per heavy atom. The van der Waals surface area contributed by atoms with E-state index >= 15 is 0 Å². The van der Waals surface area contributed by atoms with E-state index in [9.17, 15) is 0 Å². The number of hydrogen-bond donors (Lipinski definition) is 1. The van der Waals surface area contributed by atoms with Crippen LogP contribution < -0.4 is 9.64 Å². The average Bonchev–Trinajstić information content (AvgIpc) is 3.40. The van der Waals surface area contributed by atoms with Crippen LogP contribution in [0.4, 0.5) is 17.1 Å². The molecule has 1 aliphatic heterocycles. The molecule has 3 nitrogen and oxygen atoms in total. The SMILES string of the molecule is CC(C)(C)c1ccc2[nH]c3c(-c4cc(N5c6ccccc6Oc6ccccc65)cc5ccccc45)cc(C(C)(C)C)cc3c2c1. The Morgan fingerprint density at radius 3 is 1.84 bits per heavy atom. The quantitative estimate of drug-likeness (QED) is 0.218. The van der Waals surface area contributed by atoms with Gasteiger partial charge in [-0.2, -0.15) is 0 Å². The summed E-state index contributed by atoms with van der Waals surface area (Å²) in [5.74, 6) is 1.71. The van der Waals surface area contributed by atoms with Crippen LogP contribution in [0, 0.1) is 0 Å². The predicted molar refractivity (Wildman–Crippen MR) is 191 cm³/mol. The van der Waals surface area contributed by atoms with Crippen molar-refractivity contribution in [3.63, 3.8) is 0 Å². The number of aromatic amines is 1. The van der Waals surface area contributed by atoms with Crippen molar-refractivity contribution in [3.8, 4) is 22.6 Å². The van der Waals surface area contributed by atoms with Crippen LogP contribution >= 0.6 is 0 Å². The molecular weight excluding hydrogens is 548 g/mol. The summed E-state index contributed by atoms with van der Waals surface area (Å²) in [6.07, 6.45) is 0. The van der Waals surface area contributed by atoms with Crippen LogP contribution in [-0.2, 0) is 10.8 Å². The summed E-state index contributed by atoms with van der Waals surface area (Å²) >= 11 is 0. The zero-order valence-corrected chi connectivity index (χ0v) is 26.8. The molecule has 0 fully saturated rings. The van der Waals surface area contributed by atoms with E-state index in [1.165, 1.54) is 54.8 Å². The largest absolute Gasteiger partial charge is 0.453 e. The molecule has 0 amide bonds. The summed E-state index contributed by atoms with van der Waals surface area (Å²) < 4.78 is 6.36. The molecule has 0 atom stereocenters. The van der Waals surface area contributed by atoms with Crippen molar-refractivity contribution < 1.29 is 4.74 Å². The van der Waals surface area contributed by atoms with Crippen molar-refractivity contribution in [2.45, 2.75) is 52.4 Å². The molecular formula is C42H38N2O. The van der Waals surface area contributed by atoms with Crippen LogP contribution in [0.5, 0.6) is 11.5 Å². The first-order chi connectivity index (χ1) is 21.6. The van der Waals surface area contributed by atoms with E-state index in [1.807, 2.05) is 24.3 Å². The van der Waals surface area contributed by atoms with Gasteiger partial charge in [-0.05, 0) is 99.0 Å². The molecule has 2 heterocycles. The third-order valence-corrected chi connectivity index (χ3v) is 9.27. The van der Waals surface area contributed by atoms with Crippen molar-refractivity contribution >= 4 is 49.6 Å². The molecule has 0 bridgehead atoms. The fraction of sp³-hybridized carbons (Fsp3) is 0.190. The lowest BCUT2D eigenvalue weighted by atomic mass is 9.83. The van der Waals surface area contributed by atoms with Gasteiger partial charge in [0.2, 0.25) is 0 Å². The second-order valence-electron chi connectivity index (χ2n) is 14.4. The molecule has 3 heteroatoms. The van der Waals surface area contributed by atoms with Gasteiger partial charge in [-0.1, -0.05) is 96.1 Å². The third kappa shape index (κ3) is 4.49. The smallest absolute Gasteiger partial charge is 0.151 e. The van der Waals surface area contributed by atoms with Crippen LogP contribution in [0.3, 0.4) is 0 Å². The van der Waals surface area contributed by atoms with Gasteiger partial charge in [-0.25, -0.2) is 0 Å². The highest BCUT2D eigenvalue weighted by atomic mass is 16.5. The Morgan fingerprint density at radius 2 is 1.16 bits per heavy atom. The number of para-hydroxylation sites is 4. The summed E-state index contributed by atoms with van der Waals surface area (Å²) in [6, 6.07) is 41.8. The van der Waals surface area contributed by atoms with Crippen molar-refractivity contribution in [1.29, 1.82) is 0 Å². The van der Waals surface area contributed by atoms with E-state index in [0.717, 1.165) is 28.6 Å². The number of H-pyrrole nitrogens is 1. The Hall–Kier alpha value is -5.02. The number of benzene rings is 6. The lowest BCUT2D eigenvalue weighted by Gasteiger charge is -2.33. The predicted octanol–water partition coefficient (Wildman–Crippen LogP) is 12.3. The standard InChI is InChI=1S/C42H38N2O/c1-41(2,3)27-19-20-35-32(22-27)34-24-28(42(4,5)6)23-33(40(34)43-35)31-25-29(21-26-13-7-8-14-30(26)31)44-36-15-9-11-17-38(36)45-39-18-12-10-16-37(39)44/h7-25,43H,1-6H3. The second kappa shape index (κ2) is 9.74. The monoisotopic (exact) mass is 586 g/mol. The minimum absolute atomic E-state index is 0.0241. The maximum absolute atomic E-state index is 6.36. The summed E-state index contributed by atoms with van der Waals surface area (Å²) in [7, 11) is 0. The summed E-state index contributed by atoms with van der Waals surface area (Å²) in [5.41, 5.74) is 10.7. The Labute approximate surface area is 265 Å². The summed E-state index contributed by atoms with van der Waals surface area (Å²) in [4.78, 5) is 6.21. The molecule has 0 spiro atoms. The molecule has 0 aliphatic carbocycles. The van der Waals surface area contributed by atoms with Crippen molar-refractivity contribution in [3.05, 3.63) is 126 Å². The molecule has 8 rings (SSSR count). The fourth-order valence-corrected chi connectivity index (χ4v) is 6.74. The van der Waals surface area contributed by atoms with Crippen LogP contribution in [0.2, 0.25) is 0 Å². The molecule has 45 heavy (non-hydrogen) atoms. The average molecular weight is 587 g/mol. The van der Waals surface area contributed by atoms with Crippen LogP contribution in [0.1, 0.15) is 52.7 Å². The van der Waals surface area contributed by atoms with Gasteiger partial charge in [0.05, 0.1) is 16.9 Å². The third-order valence-electron chi connectivity index (χ3n) is 9.27. The molecule has 1 aromatic heterocycles. The summed E-state index contributed by atoms with van der Waals surface area (Å²) in [5, 5.41) is 4.99. The minimum Gasteiger partial charge on any atom is -0.453 e. The molecule has 1 N–H and O–H groups in total. The highest BCUT2D eigenvalue weighted by molar-refractivity contribution is 6.15. The number of hydrogen-bond acceptors (Lipinski definition) is 2. The van der Waals surface area contributed by atoms with E-state index in [-0.39, 0.29) is 10.8 Å². The number of anilines is 3. The Balaban J connectivity index is 1.46. The first-order valence-corrected chi connectivity index (χ1v) is 15.9. The van der Waals surface area contributed by atoms with Gasteiger partial charge in [-0.3, -0.25) is 0 Å². The number of rotatable bonds is 2. The Bertz CT molecular complexity index is 2230. The molecule has 222 valence electrons. The number of fused-ring (bicyclic) bond motifs is 6. The van der Waals surface area contributed by atoms with Gasteiger partial charge < -0.3 is 14.6 Å². The van der Waals surface area contributed by atoms with Gasteiger partial charge in [0.15, 0.2) is 11.5 Å². The van der Waals surface area contributed by atoms with Crippen LogP contribution in [0.25, 0.3) is 43.7 Å². The lowest BCUT2D eigenvalue weighted by molar-refractivity contribution is 0.477. The van der Waals surface area contributed by atoms with Gasteiger partial charge in [0, 0.05) is 27.5 Å². The molecule has 7 aromatic rings. The van der Waals surface area contributed by atoms with Crippen LogP contribution in [-0.4, -0.2) is 4.98 Å². The lowest BCUT2D eigenvalue weighted by Crippen LogP contribution is -2.15. The van der Waals surface area contributed by atoms with Gasteiger partial charge in [0.25, 0.3) is 0 Å². The van der Waals surface area contributed by atoms with Gasteiger partial charge >= 0.3 is 0 Å². The van der Waals surface area contributed by atoms with Crippen LogP contribution in [0.15, 0.2) is 115 Å². The minimum atomic E-state index is -0.0241.